The second-order valence-corrected chi connectivity index (χ2v) is 19.6. The molecule has 0 spiro atoms. The Bertz CT molecular complexity index is 2950. The first-order valence-electron chi connectivity index (χ1n) is 27.2. The lowest BCUT2D eigenvalue weighted by molar-refractivity contribution is -0.138. The monoisotopic (exact) mass is 1010 g/mol. The summed E-state index contributed by atoms with van der Waals surface area (Å²) >= 11 is 0. The molecule has 75 heavy (non-hydrogen) atoms. The van der Waals surface area contributed by atoms with E-state index in [-0.39, 0.29) is 24.8 Å². The van der Waals surface area contributed by atoms with Crippen LogP contribution in [0.4, 0.5) is 0 Å². The topological polar surface area (TPSA) is 141 Å². The van der Waals surface area contributed by atoms with Gasteiger partial charge in [-0.1, -0.05) is 188 Å². The molecule has 0 amide bonds. The third-order valence-electron chi connectivity index (χ3n) is 14.0. The first-order chi connectivity index (χ1) is 36.4. The van der Waals surface area contributed by atoms with E-state index in [0.29, 0.717) is 52.8 Å². The van der Waals surface area contributed by atoms with Crippen molar-refractivity contribution in [1.82, 2.24) is 0 Å². The molecule has 1 N–H and O–H groups in total. The lowest BCUT2D eigenvalue weighted by Crippen LogP contribution is -2.18. The number of Topliss-reactive ketones (excluding diaryl/α,β-unsaturated/α-hetero) is 2. The normalized spacial score (nSPS) is 11.4. The molecular formula is C66H74O9. The first kappa shape index (κ1) is 57.2. The van der Waals surface area contributed by atoms with Gasteiger partial charge in [0.2, 0.25) is 0 Å². The molecule has 0 aliphatic heterocycles. The van der Waals surface area contributed by atoms with Crippen molar-refractivity contribution in [3.05, 3.63) is 188 Å². The number of hydrogen-bond acceptors (Lipinski definition) is 9. The van der Waals surface area contributed by atoms with E-state index in [2.05, 4.69) is 13.8 Å². The molecule has 9 nitrogen and oxygen atoms in total. The molecule has 0 fully saturated rings. The minimum atomic E-state index is -0.839. The molecule has 2 aliphatic rings. The van der Waals surface area contributed by atoms with Crippen LogP contribution in [-0.2, 0) is 31.9 Å². The predicted octanol–water partition coefficient (Wildman–Crippen LogP) is 14.5. The third kappa shape index (κ3) is 15.5. The minimum Gasteiger partial charge on any atom is -0.460 e. The van der Waals surface area contributed by atoms with Crippen molar-refractivity contribution in [3.63, 3.8) is 0 Å². The second-order valence-electron chi connectivity index (χ2n) is 19.6. The van der Waals surface area contributed by atoms with E-state index < -0.39 is 23.5 Å². The third-order valence-corrected chi connectivity index (χ3v) is 14.0. The zero-order valence-electron chi connectivity index (χ0n) is 44.7. The first-order valence-corrected chi connectivity index (χ1v) is 27.2. The molecule has 9 heteroatoms. The average molecular weight is 1010 g/mol. The van der Waals surface area contributed by atoms with Crippen LogP contribution in [0.25, 0.3) is 22.3 Å². The van der Waals surface area contributed by atoms with Gasteiger partial charge in [0.1, 0.15) is 0 Å². The summed E-state index contributed by atoms with van der Waals surface area (Å²) in [4.78, 5) is 74.9. The van der Waals surface area contributed by atoms with Crippen molar-refractivity contribution in [2.24, 2.45) is 0 Å². The molecule has 0 unspecified atom stereocenters. The zero-order valence-corrected chi connectivity index (χ0v) is 44.7. The van der Waals surface area contributed by atoms with E-state index >= 15 is 0 Å². The number of aliphatic hydroxyl groups is 1. The number of fused-ring (bicyclic) bond motifs is 6. The number of ketones is 4. The molecule has 2 aliphatic carbocycles. The van der Waals surface area contributed by atoms with E-state index in [0.717, 1.165) is 81.3 Å². The Labute approximate surface area is 444 Å². The number of carbonyl (C=O) groups excluding carboxylic acids is 6. The largest absolute Gasteiger partial charge is 0.460 e. The molecule has 0 saturated heterocycles. The van der Waals surface area contributed by atoms with Crippen molar-refractivity contribution in [2.75, 3.05) is 19.8 Å². The van der Waals surface area contributed by atoms with Gasteiger partial charge >= 0.3 is 11.9 Å². The summed E-state index contributed by atoms with van der Waals surface area (Å²) in [5.74, 6) is -2.86. The lowest BCUT2D eigenvalue weighted by atomic mass is 9.96. The molecule has 0 radical (unpaired) electrons. The van der Waals surface area contributed by atoms with Crippen LogP contribution in [0.1, 0.15) is 197 Å². The van der Waals surface area contributed by atoms with Gasteiger partial charge in [-0.3, -0.25) is 19.2 Å². The summed E-state index contributed by atoms with van der Waals surface area (Å²) in [5, 5.41) is 8.47. The zero-order chi connectivity index (χ0) is 53.7. The van der Waals surface area contributed by atoms with Crippen molar-refractivity contribution < 1.29 is 43.3 Å². The molecule has 0 bridgehead atoms. The van der Waals surface area contributed by atoms with E-state index in [1.54, 1.807) is 31.2 Å². The van der Waals surface area contributed by atoms with E-state index in [1.807, 2.05) is 111 Å². The summed E-state index contributed by atoms with van der Waals surface area (Å²) in [6.45, 7) is 10.8. The van der Waals surface area contributed by atoms with Crippen LogP contribution >= 0.6 is 0 Å². The van der Waals surface area contributed by atoms with Crippen molar-refractivity contribution in [2.45, 2.75) is 137 Å². The number of unbranched alkanes of at least 4 members (excludes halogenated alkanes) is 12. The summed E-state index contributed by atoms with van der Waals surface area (Å²) in [6, 6.07) is 37.3. The highest BCUT2D eigenvalue weighted by Gasteiger charge is 2.26. The van der Waals surface area contributed by atoms with E-state index in [9.17, 15) is 28.8 Å². The number of rotatable bonds is 24. The highest BCUT2D eigenvalue weighted by Crippen LogP contribution is 2.39. The fraction of sp³-hybridized carbons (Fsp3) is 0.364. The number of esters is 2. The van der Waals surface area contributed by atoms with E-state index in [4.69, 9.17) is 14.6 Å². The smallest absolute Gasteiger partial charge is 0.379 e. The molecule has 0 aromatic heterocycles. The van der Waals surface area contributed by atoms with Gasteiger partial charge in [-0.15, -0.1) is 0 Å². The van der Waals surface area contributed by atoms with Crippen LogP contribution < -0.4 is 0 Å². The Morgan fingerprint density at radius 2 is 0.760 bits per heavy atom. The van der Waals surface area contributed by atoms with Gasteiger partial charge in [-0.05, 0) is 126 Å². The summed E-state index contributed by atoms with van der Waals surface area (Å²) in [5.41, 5.74) is 13.5. The highest BCUT2D eigenvalue weighted by atomic mass is 16.5. The molecule has 0 saturated carbocycles. The number of hydrogen-bond donors (Lipinski definition) is 1. The predicted molar refractivity (Wildman–Crippen MR) is 298 cm³/mol. The van der Waals surface area contributed by atoms with Crippen LogP contribution in [0.5, 0.6) is 0 Å². The highest BCUT2D eigenvalue weighted by molar-refractivity contribution is 6.41. The Balaban J connectivity index is 0.000000210. The number of ether oxygens (including phenoxy) is 2. The molecule has 0 atom stereocenters. The summed E-state index contributed by atoms with van der Waals surface area (Å²) in [7, 11) is 0. The van der Waals surface area contributed by atoms with Gasteiger partial charge < -0.3 is 14.6 Å². The van der Waals surface area contributed by atoms with Crippen LogP contribution in [0, 0.1) is 13.8 Å². The number of benzene rings is 6. The standard InChI is InChI=1S/C32H34O4.C25H20O4.C9H20O/c1-3-4-5-6-7-8-11-18-36-32(35)31(34)24-15-17-29-26(20-24)21-25-19-23(14-16-28(25)29)30(33)27-13-10-9-12-22(27)2;1-3-29-25(28)24(27)17-9-11-22-19(13-17)14-18-12-16(8-10-21(18)22)23(26)20-7-5-4-6-15(20)2;1-2-3-4-5-6-7-8-9-10/h9-10,12-17,19-20H,3-8,11,18,21H2,1-2H3;4-13H,3,14H2,1-2H3;10H,2-9H2,1H3. The van der Waals surface area contributed by atoms with Gasteiger partial charge in [0, 0.05) is 40.0 Å². The maximum Gasteiger partial charge on any atom is 0.379 e. The molecule has 6 aromatic carbocycles. The average Bonchev–Trinajstić information content (AvgIpc) is 3.99. The number of aryl methyl sites for hydroxylation is 2. The Morgan fingerprint density at radius 3 is 1.15 bits per heavy atom. The fourth-order valence-corrected chi connectivity index (χ4v) is 9.74. The molecule has 0 heterocycles. The molecule has 8 rings (SSSR count). The van der Waals surface area contributed by atoms with Crippen molar-refractivity contribution in [3.8, 4) is 22.3 Å². The van der Waals surface area contributed by atoms with Crippen molar-refractivity contribution >= 4 is 35.1 Å². The maximum absolute atomic E-state index is 13.0. The van der Waals surface area contributed by atoms with Crippen LogP contribution in [0.15, 0.2) is 121 Å². The Kier molecular flexibility index (Phi) is 22.2. The molecule has 392 valence electrons. The Morgan fingerprint density at radius 1 is 0.413 bits per heavy atom. The van der Waals surface area contributed by atoms with Gasteiger partial charge in [0.05, 0.1) is 13.2 Å². The minimum absolute atomic E-state index is 0.0000315. The van der Waals surface area contributed by atoms with Gasteiger partial charge in [-0.25, -0.2) is 9.59 Å². The molecule has 6 aromatic rings. The van der Waals surface area contributed by atoms with Gasteiger partial charge in [0.15, 0.2) is 11.6 Å². The quantitative estimate of drug-likeness (QED) is 0.0271. The second kappa shape index (κ2) is 29.1. The Hall–Kier alpha value is -7.10. The lowest BCUT2D eigenvalue weighted by Gasteiger charge is -2.07. The number of aliphatic hydroxyl groups excluding tert-OH is 1. The van der Waals surface area contributed by atoms with Gasteiger partial charge in [-0.2, -0.15) is 0 Å². The van der Waals surface area contributed by atoms with Crippen LogP contribution in [0.3, 0.4) is 0 Å². The van der Waals surface area contributed by atoms with Crippen LogP contribution in [0.2, 0.25) is 0 Å². The van der Waals surface area contributed by atoms with Gasteiger partial charge in [0.25, 0.3) is 11.6 Å². The van der Waals surface area contributed by atoms with Crippen LogP contribution in [-0.4, -0.2) is 60.0 Å². The SMILES string of the molecule is CCCCCCCCCO.CCCCCCCCCOC(=O)C(=O)c1ccc2c(c1)Cc1cc(C(=O)c3ccccc3C)ccc1-2.CCOC(=O)C(=O)c1ccc2c(c1)Cc1cc(C(=O)c3ccccc3C)ccc1-2. The maximum atomic E-state index is 13.0. The summed E-state index contributed by atoms with van der Waals surface area (Å²) in [6.07, 6.45) is 18.0. The van der Waals surface area contributed by atoms with E-state index in [1.165, 1.54) is 64.2 Å². The fourth-order valence-electron chi connectivity index (χ4n) is 9.74. The molecular weight excluding hydrogens is 937 g/mol. The summed E-state index contributed by atoms with van der Waals surface area (Å²) < 4.78 is 10.0. The number of carbonyl (C=O) groups is 6. The van der Waals surface area contributed by atoms with Crippen molar-refractivity contribution in [1.29, 1.82) is 0 Å².